The Hall–Kier alpha value is -3.24. The number of halogens is 4. The van der Waals surface area contributed by atoms with Crippen molar-refractivity contribution >= 4 is 11.6 Å². The lowest BCUT2D eigenvalue weighted by atomic mass is 10.1. The molecule has 0 radical (unpaired) electrons. The molecule has 166 valence electrons. The van der Waals surface area contributed by atoms with Crippen LogP contribution in [-0.2, 0) is 13.1 Å². The van der Waals surface area contributed by atoms with Crippen molar-refractivity contribution in [3.05, 3.63) is 70.5 Å². The summed E-state index contributed by atoms with van der Waals surface area (Å²) in [6.45, 7) is 0.789. The molecule has 0 aliphatic heterocycles. The van der Waals surface area contributed by atoms with Crippen LogP contribution >= 0.6 is 11.6 Å². The fourth-order valence-electron chi connectivity index (χ4n) is 3.16. The standard InChI is InChI=1S/C21H18ClF3N6O/c1-30(2)9-14-4-3-5-15(18(14)22)17-11-31(29-26-17)10-13-7-6-12(8-16(13)23)20-27-28-21(32-20)19(24)25/h3-8,11,19H,9-10H2,1-2H3. The second kappa shape index (κ2) is 9.09. The number of hydrogen-bond acceptors (Lipinski definition) is 6. The molecule has 0 atom stereocenters. The summed E-state index contributed by atoms with van der Waals surface area (Å²) in [5, 5.41) is 15.6. The van der Waals surface area contributed by atoms with Gasteiger partial charge in [-0.1, -0.05) is 41.1 Å². The first-order chi connectivity index (χ1) is 15.3. The van der Waals surface area contributed by atoms with Gasteiger partial charge < -0.3 is 9.32 Å². The molecule has 0 saturated carbocycles. The van der Waals surface area contributed by atoms with Gasteiger partial charge in [0, 0.05) is 23.2 Å². The van der Waals surface area contributed by atoms with Crippen LogP contribution in [0.25, 0.3) is 22.7 Å². The van der Waals surface area contributed by atoms with Crippen molar-refractivity contribution in [2.75, 3.05) is 14.1 Å². The number of rotatable bonds is 7. The van der Waals surface area contributed by atoms with Gasteiger partial charge in [-0.25, -0.2) is 9.07 Å². The van der Waals surface area contributed by atoms with Crippen LogP contribution in [0.2, 0.25) is 5.02 Å². The maximum Gasteiger partial charge on any atom is 0.314 e. The lowest BCUT2D eigenvalue weighted by Gasteiger charge is -2.12. The topological polar surface area (TPSA) is 72.9 Å². The molecule has 0 amide bonds. The quantitative estimate of drug-likeness (QED) is 0.391. The van der Waals surface area contributed by atoms with E-state index in [-0.39, 0.29) is 18.0 Å². The molecule has 0 unspecified atom stereocenters. The minimum atomic E-state index is -2.89. The van der Waals surface area contributed by atoms with Crippen molar-refractivity contribution in [3.63, 3.8) is 0 Å². The molecule has 4 rings (SSSR count). The third-order valence-corrected chi connectivity index (χ3v) is 5.09. The van der Waals surface area contributed by atoms with E-state index >= 15 is 0 Å². The minimum absolute atomic E-state index is 0.111. The van der Waals surface area contributed by atoms with Crippen LogP contribution in [-0.4, -0.2) is 44.2 Å². The van der Waals surface area contributed by atoms with Crippen LogP contribution in [0.1, 0.15) is 23.4 Å². The SMILES string of the molecule is CN(C)Cc1cccc(-c2cn(Cc3ccc(-c4nnc(C(F)F)o4)cc3F)nn2)c1Cl. The smallest absolute Gasteiger partial charge is 0.314 e. The first-order valence-corrected chi connectivity index (χ1v) is 9.92. The normalized spacial score (nSPS) is 11.6. The first-order valence-electron chi connectivity index (χ1n) is 9.55. The van der Waals surface area contributed by atoms with Crippen LogP contribution in [0, 0.1) is 5.82 Å². The highest BCUT2D eigenvalue weighted by Gasteiger charge is 2.18. The minimum Gasteiger partial charge on any atom is -0.415 e. The van der Waals surface area contributed by atoms with Crippen molar-refractivity contribution in [1.82, 2.24) is 30.1 Å². The van der Waals surface area contributed by atoms with Gasteiger partial charge in [0.2, 0.25) is 5.89 Å². The van der Waals surface area contributed by atoms with Crippen LogP contribution in [0.3, 0.4) is 0 Å². The van der Waals surface area contributed by atoms with Gasteiger partial charge in [0.1, 0.15) is 11.5 Å². The second-order valence-electron chi connectivity index (χ2n) is 7.37. The van der Waals surface area contributed by atoms with E-state index in [9.17, 15) is 13.2 Å². The van der Waals surface area contributed by atoms with Gasteiger partial charge in [-0.05, 0) is 31.8 Å². The molecule has 2 aromatic heterocycles. The van der Waals surface area contributed by atoms with Crippen LogP contribution in [0.5, 0.6) is 0 Å². The molecule has 4 aromatic rings. The van der Waals surface area contributed by atoms with Gasteiger partial charge in [-0.2, -0.15) is 8.78 Å². The predicted octanol–water partition coefficient (Wildman–Crippen LogP) is 4.84. The summed E-state index contributed by atoms with van der Waals surface area (Å²) in [6, 6.07) is 9.86. The Labute approximate surface area is 186 Å². The maximum atomic E-state index is 14.6. The molecule has 0 bridgehead atoms. The molecule has 7 nitrogen and oxygen atoms in total. The molecule has 2 aromatic carbocycles. The Bertz CT molecular complexity index is 1240. The van der Waals surface area contributed by atoms with Gasteiger partial charge in [0.05, 0.1) is 17.8 Å². The highest BCUT2D eigenvalue weighted by atomic mass is 35.5. The number of aromatic nitrogens is 5. The molecule has 32 heavy (non-hydrogen) atoms. The number of alkyl halides is 2. The number of nitrogens with zero attached hydrogens (tertiary/aromatic N) is 6. The van der Waals surface area contributed by atoms with Gasteiger partial charge >= 0.3 is 6.43 Å². The lowest BCUT2D eigenvalue weighted by molar-refractivity contribution is 0.116. The van der Waals surface area contributed by atoms with Gasteiger partial charge in [-0.3, -0.25) is 0 Å². The summed E-state index contributed by atoms with van der Waals surface area (Å²) in [5.41, 5.74) is 2.79. The summed E-state index contributed by atoms with van der Waals surface area (Å²) in [5.74, 6) is -1.56. The van der Waals surface area contributed by atoms with E-state index in [1.165, 1.54) is 16.8 Å². The average Bonchev–Trinajstić information content (AvgIpc) is 3.41. The van der Waals surface area contributed by atoms with E-state index < -0.39 is 18.1 Å². The third kappa shape index (κ3) is 4.66. The number of hydrogen-bond donors (Lipinski definition) is 0. The summed E-state index contributed by atoms with van der Waals surface area (Å²) < 4.78 is 46.2. The van der Waals surface area contributed by atoms with Crippen molar-refractivity contribution < 1.29 is 17.6 Å². The Morgan fingerprint density at radius 1 is 1.09 bits per heavy atom. The Kier molecular flexibility index (Phi) is 6.24. The van der Waals surface area contributed by atoms with E-state index in [2.05, 4.69) is 20.5 Å². The second-order valence-corrected chi connectivity index (χ2v) is 7.75. The average molecular weight is 463 g/mol. The van der Waals surface area contributed by atoms with Crippen molar-refractivity contribution in [3.8, 4) is 22.7 Å². The Balaban J connectivity index is 1.54. The predicted molar refractivity (Wildman–Crippen MR) is 112 cm³/mol. The summed E-state index contributed by atoms with van der Waals surface area (Å²) >= 11 is 6.55. The molecular weight excluding hydrogens is 445 g/mol. The zero-order valence-corrected chi connectivity index (χ0v) is 17.9. The monoisotopic (exact) mass is 462 g/mol. The van der Waals surface area contributed by atoms with Crippen molar-refractivity contribution in [2.45, 2.75) is 19.5 Å². The third-order valence-electron chi connectivity index (χ3n) is 4.64. The summed E-state index contributed by atoms with van der Waals surface area (Å²) in [6.07, 6.45) is -1.21. The largest absolute Gasteiger partial charge is 0.415 e. The van der Waals surface area contributed by atoms with E-state index in [1.807, 2.05) is 37.2 Å². The molecule has 0 N–H and O–H groups in total. The highest BCUT2D eigenvalue weighted by molar-refractivity contribution is 6.34. The fraction of sp³-hybridized carbons (Fsp3) is 0.238. The van der Waals surface area contributed by atoms with Crippen LogP contribution in [0.4, 0.5) is 13.2 Å². The molecule has 0 fully saturated rings. The van der Waals surface area contributed by atoms with Crippen molar-refractivity contribution in [2.24, 2.45) is 0 Å². The zero-order chi connectivity index (χ0) is 22.8. The van der Waals surface area contributed by atoms with E-state index in [4.69, 9.17) is 16.0 Å². The number of benzene rings is 2. The molecule has 0 spiro atoms. The van der Waals surface area contributed by atoms with Crippen molar-refractivity contribution in [1.29, 1.82) is 0 Å². The molecule has 2 heterocycles. The Morgan fingerprint density at radius 2 is 1.91 bits per heavy atom. The molecule has 11 heteroatoms. The van der Waals surface area contributed by atoms with E-state index in [1.54, 1.807) is 6.20 Å². The summed E-state index contributed by atoms with van der Waals surface area (Å²) in [4.78, 5) is 2.01. The molecule has 0 aliphatic rings. The fourth-order valence-corrected chi connectivity index (χ4v) is 3.44. The lowest BCUT2D eigenvalue weighted by Crippen LogP contribution is -2.11. The first kappa shape index (κ1) is 22.0. The highest BCUT2D eigenvalue weighted by Crippen LogP contribution is 2.30. The van der Waals surface area contributed by atoms with E-state index in [0.29, 0.717) is 22.8 Å². The van der Waals surface area contributed by atoms with Crippen LogP contribution < -0.4 is 0 Å². The van der Waals surface area contributed by atoms with E-state index in [0.717, 1.165) is 17.2 Å². The zero-order valence-electron chi connectivity index (χ0n) is 17.1. The van der Waals surface area contributed by atoms with Gasteiger partial charge in [0.15, 0.2) is 0 Å². The van der Waals surface area contributed by atoms with Crippen LogP contribution in [0.15, 0.2) is 47.0 Å². The van der Waals surface area contributed by atoms with Gasteiger partial charge in [0.25, 0.3) is 5.89 Å². The molecule has 0 aliphatic carbocycles. The molecular formula is C21H18ClF3N6O. The maximum absolute atomic E-state index is 14.6. The Morgan fingerprint density at radius 3 is 2.59 bits per heavy atom. The van der Waals surface area contributed by atoms with Gasteiger partial charge in [-0.15, -0.1) is 15.3 Å². The summed E-state index contributed by atoms with van der Waals surface area (Å²) in [7, 11) is 3.91. The molecule has 0 saturated heterocycles.